The molecule has 2 aromatic carbocycles. The van der Waals surface area contributed by atoms with E-state index >= 15 is 0 Å². The zero-order chi connectivity index (χ0) is 24.2. The fourth-order valence-electron chi connectivity index (χ4n) is 4.08. The number of likely N-dealkylation sites (tertiary alicyclic amines) is 1. The van der Waals surface area contributed by atoms with E-state index in [2.05, 4.69) is 18.8 Å². The van der Waals surface area contributed by atoms with Crippen molar-refractivity contribution < 1.29 is 19.4 Å². The Morgan fingerprint density at radius 2 is 1.76 bits per heavy atom. The van der Waals surface area contributed by atoms with Crippen LogP contribution in [0.15, 0.2) is 78.6 Å². The fraction of sp³-hybridized carbons (Fsp3) is 0.250. The molecule has 1 amide bonds. The number of aryl methyl sites for hydroxylation is 1. The van der Waals surface area contributed by atoms with Crippen LogP contribution in [0.5, 0.6) is 5.75 Å². The van der Waals surface area contributed by atoms with Gasteiger partial charge in [0, 0.05) is 24.5 Å². The molecule has 34 heavy (non-hydrogen) atoms. The van der Waals surface area contributed by atoms with Crippen LogP contribution in [0.3, 0.4) is 0 Å². The molecular formula is C28H28N2O4. The molecule has 1 aromatic heterocycles. The number of aliphatic hydroxyl groups excluding tert-OH is 1. The predicted molar refractivity (Wildman–Crippen MR) is 130 cm³/mol. The first-order valence-corrected chi connectivity index (χ1v) is 11.3. The Morgan fingerprint density at radius 3 is 2.41 bits per heavy atom. The summed E-state index contributed by atoms with van der Waals surface area (Å²) in [5, 5.41) is 11.3. The molecule has 0 radical (unpaired) electrons. The van der Waals surface area contributed by atoms with Crippen LogP contribution in [0.25, 0.3) is 5.76 Å². The second-order valence-electron chi connectivity index (χ2n) is 8.88. The van der Waals surface area contributed by atoms with Crippen molar-refractivity contribution in [2.45, 2.75) is 33.4 Å². The summed E-state index contributed by atoms with van der Waals surface area (Å²) < 4.78 is 5.84. The molecule has 3 aromatic rings. The van der Waals surface area contributed by atoms with Gasteiger partial charge >= 0.3 is 0 Å². The summed E-state index contributed by atoms with van der Waals surface area (Å²) in [6.07, 6.45) is 3.30. The van der Waals surface area contributed by atoms with Gasteiger partial charge in [0.25, 0.3) is 11.7 Å². The molecule has 0 aliphatic carbocycles. The zero-order valence-electron chi connectivity index (χ0n) is 19.6. The molecular weight excluding hydrogens is 428 g/mol. The highest BCUT2D eigenvalue weighted by Crippen LogP contribution is 2.40. The first kappa shape index (κ1) is 23.2. The van der Waals surface area contributed by atoms with Crippen LogP contribution in [-0.2, 0) is 16.1 Å². The Kier molecular flexibility index (Phi) is 6.77. The highest BCUT2D eigenvalue weighted by Gasteiger charge is 2.46. The summed E-state index contributed by atoms with van der Waals surface area (Å²) >= 11 is 0. The molecule has 0 spiro atoms. The highest BCUT2D eigenvalue weighted by molar-refractivity contribution is 6.46. The molecule has 2 heterocycles. The summed E-state index contributed by atoms with van der Waals surface area (Å²) in [4.78, 5) is 31.8. The van der Waals surface area contributed by atoms with E-state index in [9.17, 15) is 14.7 Å². The van der Waals surface area contributed by atoms with E-state index in [0.29, 0.717) is 18.1 Å². The van der Waals surface area contributed by atoms with E-state index < -0.39 is 17.7 Å². The Labute approximate surface area is 199 Å². The van der Waals surface area contributed by atoms with E-state index in [1.54, 1.807) is 42.7 Å². The summed E-state index contributed by atoms with van der Waals surface area (Å²) in [6.45, 7) is 6.85. The highest BCUT2D eigenvalue weighted by atomic mass is 16.5. The number of hydrogen-bond donors (Lipinski definition) is 1. The zero-order valence-corrected chi connectivity index (χ0v) is 19.6. The van der Waals surface area contributed by atoms with Gasteiger partial charge < -0.3 is 14.7 Å². The van der Waals surface area contributed by atoms with Gasteiger partial charge in [0.15, 0.2) is 0 Å². The largest absolute Gasteiger partial charge is 0.507 e. The lowest BCUT2D eigenvalue weighted by molar-refractivity contribution is -0.140. The van der Waals surface area contributed by atoms with Crippen LogP contribution >= 0.6 is 0 Å². The molecule has 4 rings (SSSR count). The van der Waals surface area contributed by atoms with Crippen LogP contribution in [0.2, 0.25) is 0 Å². The number of carbonyl (C=O) groups excluding carboxylic acids is 2. The summed E-state index contributed by atoms with van der Waals surface area (Å²) in [5.74, 6) is -0.417. The maximum absolute atomic E-state index is 13.2. The number of hydrogen-bond acceptors (Lipinski definition) is 5. The number of ether oxygens (including phenoxy) is 1. The lowest BCUT2D eigenvalue weighted by atomic mass is 9.94. The standard InChI is InChI=1S/C28H28N2O4/c1-18(2)17-34-23-10-9-22(15-19(23)3)26(31)24-25(21-7-5-4-6-8-21)30(28(33)27(24)32)16-20-11-13-29-14-12-20/h4-15,18,25,31H,16-17H2,1-3H3/b26-24-. The van der Waals surface area contributed by atoms with Gasteiger partial charge in [-0.25, -0.2) is 0 Å². The molecule has 0 bridgehead atoms. The number of pyridine rings is 1. The Hall–Kier alpha value is -3.93. The van der Waals surface area contributed by atoms with Crippen molar-refractivity contribution in [1.29, 1.82) is 0 Å². The predicted octanol–water partition coefficient (Wildman–Crippen LogP) is 5.05. The Bertz CT molecular complexity index is 1220. The molecule has 1 fully saturated rings. The van der Waals surface area contributed by atoms with E-state index in [-0.39, 0.29) is 17.9 Å². The average Bonchev–Trinajstić information content (AvgIpc) is 3.09. The van der Waals surface area contributed by atoms with Crippen LogP contribution in [-0.4, -0.2) is 33.3 Å². The Morgan fingerprint density at radius 1 is 1.06 bits per heavy atom. The first-order valence-electron chi connectivity index (χ1n) is 11.3. The van der Waals surface area contributed by atoms with Crippen LogP contribution in [0, 0.1) is 12.8 Å². The van der Waals surface area contributed by atoms with Gasteiger partial charge in [0.1, 0.15) is 11.5 Å². The minimum atomic E-state index is -0.702. The van der Waals surface area contributed by atoms with Crippen molar-refractivity contribution in [2.24, 2.45) is 5.92 Å². The maximum atomic E-state index is 13.2. The molecule has 174 valence electrons. The van der Waals surface area contributed by atoms with Crippen molar-refractivity contribution in [2.75, 3.05) is 6.61 Å². The number of Topliss-reactive ketones (excluding diaryl/α,β-unsaturated/α-hetero) is 1. The summed E-state index contributed by atoms with van der Waals surface area (Å²) in [7, 11) is 0. The molecule has 1 atom stereocenters. The number of amides is 1. The maximum Gasteiger partial charge on any atom is 0.295 e. The molecule has 1 saturated heterocycles. The van der Waals surface area contributed by atoms with Crippen molar-refractivity contribution >= 4 is 17.4 Å². The number of benzene rings is 2. The minimum Gasteiger partial charge on any atom is -0.507 e. The summed E-state index contributed by atoms with van der Waals surface area (Å²) in [5.41, 5.74) is 3.00. The average molecular weight is 457 g/mol. The fourth-order valence-corrected chi connectivity index (χ4v) is 4.08. The van der Waals surface area contributed by atoms with Crippen LogP contribution in [0.1, 0.15) is 42.1 Å². The van der Waals surface area contributed by atoms with Gasteiger partial charge in [-0.3, -0.25) is 14.6 Å². The van der Waals surface area contributed by atoms with Gasteiger partial charge in [-0.05, 0) is 59.9 Å². The van der Waals surface area contributed by atoms with Crippen molar-refractivity contribution in [3.05, 3.63) is 101 Å². The van der Waals surface area contributed by atoms with E-state index in [4.69, 9.17) is 4.74 Å². The van der Waals surface area contributed by atoms with Gasteiger partial charge in [0.2, 0.25) is 0 Å². The minimum absolute atomic E-state index is 0.0838. The van der Waals surface area contributed by atoms with E-state index in [1.807, 2.05) is 37.3 Å². The molecule has 6 heteroatoms. The number of nitrogens with zero attached hydrogens (tertiary/aromatic N) is 2. The molecule has 1 aliphatic heterocycles. The van der Waals surface area contributed by atoms with Gasteiger partial charge in [-0.15, -0.1) is 0 Å². The van der Waals surface area contributed by atoms with Crippen LogP contribution < -0.4 is 4.74 Å². The summed E-state index contributed by atoms with van der Waals surface area (Å²) in [6, 6.07) is 17.5. The number of aliphatic hydroxyl groups is 1. The van der Waals surface area contributed by atoms with Gasteiger partial charge in [-0.1, -0.05) is 44.2 Å². The number of rotatable bonds is 7. The van der Waals surface area contributed by atoms with Gasteiger partial charge in [0.05, 0.1) is 18.2 Å². The third-order valence-electron chi connectivity index (χ3n) is 5.78. The topological polar surface area (TPSA) is 79.7 Å². The Balaban J connectivity index is 1.77. The van der Waals surface area contributed by atoms with Crippen molar-refractivity contribution in [1.82, 2.24) is 9.88 Å². The second-order valence-corrected chi connectivity index (χ2v) is 8.88. The third kappa shape index (κ3) is 4.71. The van der Waals surface area contributed by atoms with Gasteiger partial charge in [-0.2, -0.15) is 0 Å². The quantitative estimate of drug-likeness (QED) is 0.306. The molecule has 6 nitrogen and oxygen atoms in total. The lowest BCUT2D eigenvalue weighted by Crippen LogP contribution is -2.29. The molecule has 1 N–H and O–H groups in total. The van der Waals surface area contributed by atoms with E-state index in [0.717, 1.165) is 22.4 Å². The molecule has 1 aliphatic rings. The van der Waals surface area contributed by atoms with E-state index in [1.165, 1.54) is 4.90 Å². The normalized spacial score (nSPS) is 17.4. The second kappa shape index (κ2) is 9.91. The molecule has 1 unspecified atom stereocenters. The monoisotopic (exact) mass is 456 g/mol. The van der Waals surface area contributed by atoms with Crippen molar-refractivity contribution in [3.63, 3.8) is 0 Å². The third-order valence-corrected chi connectivity index (χ3v) is 5.78. The van der Waals surface area contributed by atoms with Crippen LogP contribution in [0.4, 0.5) is 0 Å². The van der Waals surface area contributed by atoms with Crippen molar-refractivity contribution in [3.8, 4) is 5.75 Å². The lowest BCUT2D eigenvalue weighted by Gasteiger charge is -2.25. The first-order chi connectivity index (χ1) is 16.4. The number of ketones is 1. The molecule has 0 saturated carbocycles. The number of carbonyl (C=O) groups is 2. The smallest absolute Gasteiger partial charge is 0.295 e. The number of aromatic nitrogens is 1. The SMILES string of the molecule is Cc1cc(/C(O)=C2/C(=O)C(=O)N(Cc3ccncc3)C2c2ccccc2)ccc1OCC(C)C.